The highest BCUT2D eigenvalue weighted by Gasteiger charge is 2.20. The molecule has 1 aromatic rings. The van der Waals surface area contributed by atoms with Crippen LogP contribution in [0.2, 0.25) is 0 Å². The zero-order chi connectivity index (χ0) is 10.3. The fourth-order valence-corrected chi connectivity index (χ4v) is 1.30. The van der Waals surface area contributed by atoms with E-state index in [1.165, 1.54) is 12.8 Å². The molecule has 0 bridgehead atoms. The van der Waals surface area contributed by atoms with Crippen LogP contribution < -0.4 is 5.32 Å². The van der Waals surface area contributed by atoms with E-state index in [0.717, 1.165) is 31.5 Å². The number of ether oxygens (including phenoxy) is 1. The van der Waals surface area contributed by atoms with Gasteiger partial charge in [-0.05, 0) is 24.8 Å². The number of nitrogens with one attached hydrogen (secondary N) is 1. The molecule has 1 N–H and O–H groups in total. The van der Waals surface area contributed by atoms with Crippen LogP contribution in [0.3, 0.4) is 0 Å². The van der Waals surface area contributed by atoms with E-state index in [1.54, 1.807) is 12.4 Å². The molecule has 0 spiro atoms. The van der Waals surface area contributed by atoms with Crippen LogP contribution in [-0.2, 0) is 11.3 Å². The van der Waals surface area contributed by atoms with Gasteiger partial charge in [-0.1, -0.05) is 0 Å². The summed E-state index contributed by atoms with van der Waals surface area (Å²) in [5.41, 5.74) is 0. The first kappa shape index (κ1) is 10.5. The van der Waals surface area contributed by atoms with E-state index < -0.39 is 0 Å². The zero-order valence-corrected chi connectivity index (χ0v) is 8.85. The molecule has 4 nitrogen and oxygen atoms in total. The second-order valence-corrected chi connectivity index (χ2v) is 3.86. The third-order valence-corrected chi connectivity index (χ3v) is 2.38. The Bertz CT molecular complexity index is 274. The Hall–Kier alpha value is -1.00. The van der Waals surface area contributed by atoms with Crippen molar-refractivity contribution in [3.63, 3.8) is 0 Å². The standard InChI is InChI=1S/C11H17N3O/c1-4-13-11(14-5-1)8-12-6-7-15-9-10-2-3-10/h1,4-5,10,12H,2-3,6-9H2. The van der Waals surface area contributed by atoms with Gasteiger partial charge in [0.25, 0.3) is 0 Å². The lowest BCUT2D eigenvalue weighted by Gasteiger charge is -2.04. The van der Waals surface area contributed by atoms with Crippen LogP contribution in [0.4, 0.5) is 0 Å². The molecule has 0 unspecified atom stereocenters. The lowest BCUT2D eigenvalue weighted by molar-refractivity contribution is 0.126. The summed E-state index contributed by atoms with van der Waals surface area (Å²) in [7, 11) is 0. The Kier molecular flexibility index (Phi) is 4.05. The van der Waals surface area contributed by atoms with Crippen molar-refractivity contribution in [2.45, 2.75) is 19.4 Å². The summed E-state index contributed by atoms with van der Waals surface area (Å²) < 4.78 is 5.49. The van der Waals surface area contributed by atoms with Crippen molar-refractivity contribution in [3.8, 4) is 0 Å². The molecule has 1 aliphatic carbocycles. The first-order valence-electron chi connectivity index (χ1n) is 5.49. The largest absolute Gasteiger partial charge is 0.380 e. The summed E-state index contributed by atoms with van der Waals surface area (Å²) in [5.74, 6) is 1.68. The van der Waals surface area contributed by atoms with Crippen molar-refractivity contribution >= 4 is 0 Å². The average molecular weight is 207 g/mol. The number of hydrogen-bond donors (Lipinski definition) is 1. The van der Waals surface area contributed by atoms with Gasteiger partial charge in [0.15, 0.2) is 0 Å². The molecule has 2 rings (SSSR count). The van der Waals surface area contributed by atoms with Gasteiger partial charge in [-0.3, -0.25) is 0 Å². The second-order valence-electron chi connectivity index (χ2n) is 3.86. The minimum Gasteiger partial charge on any atom is -0.380 e. The minimum absolute atomic E-state index is 0.716. The highest BCUT2D eigenvalue weighted by atomic mass is 16.5. The lowest BCUT2D eigenvalue weighted by Crippen LogP contribution is -2.20. The SMILES string of the molecule is c1cnc(CNCCOCC2CC2)nc1. The summed E-state index contributed by atoms with van der Waals surface area (Å²) in [6, 6.07) is 1.82. The normalized spacial score (nSPS) is 15.5. The van der Waals surface area contributed by atoms with Gasteiger partial charge in [-0.15, -0.1) is 0 Å². The van der Waals surface area contributed by atoms with Crippen LogP contribution in [0.1, 0.15) is 18.7 Å². The van der Waals surface area contributed by atoms with E-state index in [1.807, 2.05) is 6.07 Å². The van der Waals surface area contributed by atoms with E-state index in [9.17, 15) is 0 Å². The van der Waals surface area contributed by atoms with E-state index in [4.69, 9.17) is 4.74 Å². The van der Waals surface area contributed by atoms with Crippen LogP contribution in [0.15, 0.2) is 18.5 Å². The van der Waals surface area contributed by atoms with Crippen molar-refractivity contribution in [2.75, 3.05) is 19.8 Å². The minimum atomic E-state index is 0.716. The van der Waals surface area contributed by atoms with Crippen LogP contribution in [0, 0.1) is 5.92 Å². The first-order chi connectivity index (χ1) is 7.45. The van der Waals surface area contributed by atoms with Gasteiger partial charge in [0.2, 0.25) is 0 Å². The fourth-order valence-electron chi connectivity index (χ4n) is 1.30. The predicted octanol–water partition coefficient (Wildman–Crippen LogP) is 0.993. The van der Waals surface area contributed by atoms with Gasteiger partial charge in [-0.25, -0.2) is 9.97 Å². The summed E-state index contributed by atoms with van der Waals surface area (Å²) in [6.45, 7) is 3.30. The predicted molar refractivity (Wildman–Crippen MR) is 57.3 cm³/mol. The smallest absolute Gasteiger partial charge is 0.141 e. The summed E-state index contributed by atoms with van der Waals surface area (Å²) in [6.07, 6.45) is 6.22. The monoisotopic (exact) mass is 207 g/mol. The van der Waals surface area contributed by atoms with Crippen molar-refractivity contribution in [3.05, 3.63) is 24.3 Å². The molecule has 15 heavy (non-hydrogen) atoms. The van der Waals surface area contributed by atoms with Crippen LogP contribution in [0.25, 0.3) is 0 Å². The fraction of sp³-hybridized carbons (Fsp3) is 0.636. The molecule has 82 valence electrons. The topological polar surface area (TPSA) is 47.0 Å². The quantitative estimate of drug-likeness (QED) is 0.677. The van der Waals surface area contributed by atoms with E-state index in [0.29, 0.717) is 6.54 Å². The van der Waals surface area contributed by atoms with Gasteiger partial charge in [-0.2, -0.15) is 0 Å². The highest BCUT2D eigenvalue weighted by molar-refractivity contribution is 4.87. The van der Waals surface area contributed by atoms with Gasteiger partial charge in [0.05, 0.1) is 13.2 Å². The third kappa shape index (κ3) is 4.36. The van der Waals surface area contributed by atoms with Gasteiger partial charge in [0.1, 0.15) is 5.82 Å². The number of rotatable bonds is 7. The average Bonchev–Trinajstić information content (AvgIpc) is 3.09. The Labute approximate surface area is 90.1 Å². The van der Waals surface area contributed by atoms with E-state index in [-0.39, 0.29) is 0 Å². The molecule has 1 aromatic heterocycles. The van der Waals surface area contributed by atoms with Crippen molar-refractivity contribution in [1.82, 2.24) is 15.3 Å². The molecular formula is C11H17N3O. The molecule has 0 amide bonds. The molecule has 1 saturated carbocycles. The molecule has 1 heterocycles. The summed E-state index contributed by atoms with van der Waals surface area (Å²) >= 11 is 0. The van der Waals surface area contributed by atoms with Gasteiger partial charge in [0, 0.05) is 25.5 Å². The number of nitrogens with zero attached hydrogens (tertiary/aromatic N) is 2. The van der Waals surface area contributed by atoms with Crippen molar-refractivity contribution in [2.24, 2.45) is 5.92 Å². The third-order valence-electron chi connectivity index (χ3n) is 2.38. The van der Waals surface area contributed by atoms with Crippen LogP contribution in [0.5, 0.6) is 0 Å². The van der Waals surface area contributed by atoms with Crippen molar-refractivity contribution in [1.29, 1.82) is 0 Å². The molecule has 0 aliphatic heterocycles. The zero-order valence-electron chi connectivity index (χ0n) is 8.85. The van der Waals surface area contributed by atoms with Gasteiger partial charge >= 0.3 is 0 Å². The summed E-state index contributed by atoms with van der Waals surface area (Å²) in [5, 5.41) is 3.25. The lowest BCUT2D eigenvalue weighted by atomic mass is 10.5. The molecule has 1 aliphatic rings. The number of aromatic nitrogens is 2. The second kappa shape index (κ2) is 5.78. The Morgan fingerprint density at radius 1 is 1.33 bits per heavy atom. The van der Waals surface area contributed by atoms with Crippen LogP contribution >= 0.6 is 0 Å². The molecule has 0 atom stereocenters. The summed E-state index contributed by atoms with van der Waals surface area (Å²) in [4.78, 5) is 8.24. The molecule has 4 heteroatoms. The number of hydrogen-bond acceptors (Lipinski definition) is 4. The molecule has 1 fully saturated rings. The Morgan fingerprint density at radius 3 is 2.87 bits per heavy atom. The maximum absolute atomic E-state index is 5.49. The van der Waals surface area contributed by atoms with Crippen molar-refractivity contribution < 1.29 is 4.74 Å². The van der Waals surface area contributed by atoms with E-state index >= 15 is 0 Å². The molecule has 0 aromatic carbocycles. The maximum atomic E-state index is 5.49. The first-order valence-corrected chi connectivity index (χ1v) is 5.49. The Balaban J connectivity index is 1.47. The van der Waals surface area contributed by atoms with E-state index in [2.05, 4.69) is 15.3 Å². The molecule has 0 radical (unpaired) electrons. The molecule has 0 saturated heterocycles. The molecular weight excluding hydrogens is 190 g/mol. The van der Waals surface area contributed by atoms with Crippen LogP contribution in [-0.4, -0.2) is 29.7 Å². The Morgan fingerprint density at radius 2 is 2.13 bits per heavy atom. The van der Waals surface area contributed by atoms with Gasteiger partial charge < -0.3 is 10.1 Å². The highest BCUT2D eigenvalue weighted by Crippen LogP contribution is 2.28. The maximum Gasteiger partial charge on any atom is 0.141 e.